The van der Waals surface area contributed by atoms with Crippen LogP contribution in [-0.2, 0) is 0 Å². The Morgan fingerprint density at radius 1 is 1.46 bits per heavy atom. The summed E-state index contributed by atoms with van der Waals surface area (Å²) in [7, 11) is 1.88. The van der Waals surface area contributed by atoms with Crippen molar-refractivity contribution in [2.75, 3.05) is 12.4 Å². The second kappa shape index (κ2) is 2.92. The third-order valence-corrected chi connectivity index (χ3v) is 2.32. The number of halogens is 1. The molecule has 0 aliphatic heterocycles. The summed E-state index contributed by atoms with van der Waals surface area (Å²) >= 11 is 5.95. The minimum Gasteiger partial charge on any atom is -0.374 e. The first-order chi connectivity index (χ1) is 6.24. The van der Waals surface area contributed by atoms with Crippen LogP contribution in [0.25, 0.3) is 5.52 Å². The van der Waals surface area contributed by atoms with E-state index in [0.717, 1.165) is 17.2 Å². The zero-order valence-electron chi connectivity index (χ0n) is 7.50. The molecule has 0 saturated heterocycles. The monoisotopic (exact) mass is 195 g/mol. The van der Waals surface area contributed by atoms with E-state index in [0.29, 0.717) is 5.15 Å². The topological polar surface area (TPSA) is 29.3 Å². The van der Waals surface area contributed by atoms with Gasteiger partial charge in [-0.25, -0.2) is 4.98 Å². The largest absolute Gasteiger partial charge is 0.374 e. The highest BCUT2D eigenvalue weighted by Gasteiger charge is 2.07. The van der Waals surface area contributed by atoms with Crippen molar-refractivity contribution < 1.29 is 0 Å². The van der Waals surface area contributed by atoms with E-state index in [1.165, 1.54) is 0 Å². The molecule has 2 aromatic rings. The number of nitrogens with one attached hydrogen (secondary N) is 1. The fraction of sp³-hybridized carbons (Fsp3) is 0.222. The zero-order chi connectivity index (χ0) is 9.42. The van der Waals surface area contributed by atoms with Gasteiger partial charge in [0.05, 0.1) is 5.52 Å². The van der Waals surface area contributed by atoms with Crippen LogP contribution in [0, 0.1) is 6.92 Å². The number of hydrogen-bond acceptors (Lipinski definition) is 2. The van der Waals surface area contributed by atoms with Crippen LogP contribution in [0.1, 0.15) is 5.82 Å². The van der Waals surface area contributed by atoms with Gasteiger partial charge in [0.1, 0.15) is 11.6 Å². The number of nitrogens with zero attached hydrogens (tertiary/aromatic N) is 2. The first-order valence-electron chi connectivity index (χ1n) is 4.05. The van der Waals surface area contributed by atoms with Crippen molar-refractivity contribution in [1.82, 2.24) is 9.38 Å². The molecule has 0 bridgehead atoms. The second-order valence-corrected chi connectivity index (χ2v) is 3.19. The van der Waals surface area contributed by atoms with E-state index in [9.17, 15) is 0 Å². The van der Waals surface area contributed by atoms with Gasteiger partial charge in [0.15, 0.2) is 5.15 Å². The molecular weight excluding hydrogens is 186 g/mol. The van der Waals surface area contributed by atoms with E-state index in [4.69, 9.17) is 11.6 Å². The lowest BCUT2D eigenvalue weighted by atomic mass is 10.4. The van der Waals surface area contributed by atoms with E-state index in [-0.39, 0.29) is 0 Å². The molecule has 2 rings (SSSR count). The van der Waals surface area contributed by atoms with Gasteiger partial charge in [0.25, 0.3) is 0 Å². The van der Waals surface area contributed by atoms with E-state index in [2.05, 4.69) is 10.3 Å². The average molecular weight is 196 g/mol. The molecule has 13 heavy (non-hydrogen) atoms. The van der Waals surface area contributed by atoms with Crippen molar-refractivity contribution in [3.8, 4) is 0 Å². The smallest absolute Gasteiger partial charge is 0.155 e. The maximum absolute atomic E-state index is 5.95. The van der Waals surface area contributed by atoms with Crippen LogP contribution in [0.4, 0.5) is 5.82 Å². The predicted molar refractivity (Wildman–Crippen MR) is 54.5 cm³/mol. The Labute approximate surface area is 81.4 Å². The van der Waals surface area contributed by atoms with Crippen molar-refractivity contribution in [2.24, 2.45) is 0 Å². The van der Waals surface area contributed by atoms with Gasteiger partial charge < -0.3 is 5.32 Å². The number of imidazole rings is 1. The summed E-state index contributed by atoms with van der Waals surface area (Å²) in [6.07, 6.45) is 0. The summed E-state index contributed by atoms with van der Waals surface area (Å²) in [5, 5.41) is 3.64. The summed E-state index contributed by atoms with van der Waals surface area (Å²) in [6.45, 7) is 1.93. The van der Waals surface area contributed by atoms with Crippen LogP contribution in [0.5, 0.6) is 0 Å². The fourth-order valence-corrected chi connectivity index (χ4v) is 1.73. The summed E-state index contributed by atoms with van der Waals surface area (Å²) in [4.78, 5) is 4.19. The number of fused-ring (bicyclic) bond motifs is 1. The lowest BCUT2D eigenvalue weighted by Crippen LogP contribution is -1.98. The van der Waals surface area contributed by atoms with Crippen LogP contribution in [0.3, 0.4) is 0 Å². The molecule has 2 heterocycles. The molecule has 0 radical (unpaired) electrons. The molecule has 2 aromatic heterocycles. The Morgan fingerprint density at radius 3 is 2.92 bits per heavy atom. The molecule has 4 heteroatoms. The zero-order valence-corrected chi connectivity index (χ0v) is 8.26. The highest BCUT2D eigenvalue weighted by Crippen LogP contribution is 2.21. The number of aryl methyl sites for hydroxylation is 1. The Bertz CT molecular complexity index is 447. The molecule has 3 nitrogen and oxygen atoms in total. The maximum atomic E-state index is 5.95. The van der Waals surface area contributed by atoms with Crippen LogP contribution in [0.15, 0.2) is 18.2 Å². The Hall–Kier alpha value is -1.22. The van der Waals surface area contributed by atoms with E-state index in [1.807, 2.05) is 36.6 Å². The molecule has 1 N–H and O–H groups in total. The molecule has 0 aliphatic carbocycles. The van der Waals surface area contributed by atoms with Gasteiger partial charge in [-0.15, -0.1) is 0 Å². The Kier molecular flexibility index (Phi) is 1.88. The first kappa shape index (κ1) is 8.38. The second-order valence-electron chi connectivity index (χ2n) is 2.83. The van der Waals surface area contributed by atoms with Gasteiger partial charge in [-0.1, -0.05) is 17.7 Å². The molecule has 0 amide bonds. The third-order valence-electron chi connectivity index (χ3n) is 2.04. The van der Waals surface area contributed by atoms with Gasteiger partial charge >= 0.3 is 0 Å². The normalized spacial score (nSPS) is 10.7. The fourth-order valence-electron chi connectivity index (χ4n) is 1.46. The summed E-state index contributed by atoms with van der Waals surface area (Å²) in [5.41, 5.74) is 0.936. The lowest BCUT2D eigenvalue weighted by molar-refractivity contribution is 1.04. The third kappa shape index (κ3) is 1.16. The minimum atomic E-state index is 0.551. The number of aromatic nitrogens is 2. The van der Waals surface area contributed by atoms with Crippen molar-refractivity contribution in [3.05, 3.63) is 29.2 Å². The van der Waals surface area contributed by atoms with Gasteiger partial charge in [-0.2, -0.15) is 0 Å². The molecule has 68 valence electrons. The molecule has 0 saturated carbocycles. The van der Waals surface area contributed by atoms with Crippen molar-refractivity contribution >= 4 is 22.9 Å². The van der Waals surface area contributed by atoms with E-state index < -0.39 is 0 Å². The molecule has 0 aliphatic rings. The average Bonchev–Trinajstić information content (AvgIpc) is 2.43. The lowest BCUT2D eigenvalue weighted by Gasteiger charge is -2.04. The highest BCUT2D eigenvalue weighted by molar-refractivity contribution is 6.32. The van der Waals surface area contributed by atoms with E-state index >= 15 is 0 Å². The van der Waals surface area contributed by atoms with Crippen LogP contribution >= 0.6 is 11.6 Å². The molecule has 0 spiro atoms. The first-order valence-corrected chi connectivity index (χ1v) is 4.43. The highest BCUT2D eigenvalue weighted by atomic mass is 35.5. The van der Waals surface area contributed by atoms with Gasteiger partial charge in [0.2, 0.25) is 0 Å². The summed E-state index contributed by atoms with van der Waals surface area (Å²) in [6, 6.07) is 5.88. The SMILES string of the molecule is CNc1cccc2c(Cl)nc(C)n12. The number of rotatable bonds is 1. The van der Waals surface area contributed by atoms with Crippen LogP contribution < -0.4 is 5.32 Å². The quantitative estimate of drug-likeness (QED) is 0.757. The Morgan fingerprint density at radius 2 is 2.23 bits per heavy atom. The van der Waals surface area contributed by atoms with Gasteiger partial charge in [-0.3, -0.25) is 4.40 Å². The minimum absolute atomic E-state index is 0.551. The number of hydrogen-bond donors (Lipinski definition) is 1. The van der Waals surface area contributed by atoms with Crippen LogP contribution in [0.2, 0.25) is 5.15 Å². The molecule has 0 unspecified atom stereocenters. The summed E-state index contributed by atoms with van der Waals surface area (Å²) in [5.74, 6) is 1.89. The van der Waals surface area contributed by atoms with E-state index in [1.54, 1.807) is 0 Å². The molecule has 0 aromatic carbocycles. The summed E-state index contributed by atoms with van der Waals surface area (Å²) < 4.78 is 1.99. The van der Waals surface area contributed by atoms with Crippen molar-refractivity contribution in [1.29, 1.82) is 0 Å². The Balaban J connectivity index is 2.88. The molecule has 0 fully saturated rings. The van der Waals surface area contributed by atoms with Gasteiger partial charge in [-0.05, 0) is 19.1 Å². The maximum Gasteiger partial charge on any atom is 0.155 e. The van der Waals surface area contributed by atoms with Crippen LogP contribution in [-0.4, -0.2) is 16.4 Å². The van der Waals surface area contributed by atoms with Crippen molar-refractivity contribution in [2.45, 2.75) is 6.92 Å². The van der Waals surface area contributed by atoms with Crippen molar-refractivity contribution in [3.63, 3.8) is 0 Å². The number of pyridine rings is 1. The standard InChI is InChI=1S/C9H10ClN3/c1-6-12-9(10)7-4-3-5-8(11-2)13(6)7/h3-5,11H,1-2H3. The predicted octanol–water partition coefficient (Wildman–Crippen LogP) is 2.34. The number of anilines is 1. The molecule has 0 atom stereocenters. The molecular formula is C9H10ClN3. The van der Waals surface area contributed by atoms with Gasteiger partial charge in [0, 0.05) is 7.05 Å².